The van der Waals surface area contributed by atoms with E-state index in [4.69, 9.17) is 20.9 Å². The molecular formula is C44H58ClN2NaO6. The molecule has 9 atom stereocenters. The topological polar surface area (TPSA) is 122 Å². The fourth-order valence-corrected chi connectivity index (χ4v) is 13.0. The molecule has 0 radical (unpaired) electrons. The van der Waals surface area contributed by atoms with Crippen LogP contribution in [-0.4, -0.2) is 29.1 Å². The second-order valence-electron chi connectivity index (χ2n) is 19.3. The van der Waals surface area contributed by atoms with Crippen LogP contribution < -0.4 is 40.0 Å². The van der Waals surface area contributed by atoms with E-state index in [-0.39, 0.29) is 88.0 Å². The number of hydrogen-bond acceptors (Lipinski definition) is 7. The molecule has 288 valence electrons. The van der Waals surface area contributed by atoms with Gasteiger partial charge in [-0.25, -0.2) is 0 Å². The molecule has 7 rings (SSSR count). The van der Waals surface area contributed by atoms with Gasteiger partial charge in [0.25, 0.3) is 0 Å². The molecule has 2 unspecified atom stereocenters. The molecule has 0 saturated heterocycles. The number of carbonyl (C=O) groups is 3. The predicted molar refractivity (Wildman–Crippen MR) is 202 cm³/mol. The molecular weight excluding hydrogens is 711 g/mol. The minimum Gasteiger partial charge on any atom is -0.550 e. The molecule has 5 aliphatic rings. The van der Waals surface area contributed by atoms with Gasteiger partial charge in [-0.1, -0.05) is 95.1 Å². The van der Waals surface area contributed by atoms with Crippen LogP contribution in [0.25, 0.3) is 11.3 Å². The van der Waals surface area contributed by atoms with Crippen LogP contribution in [0.4, 0.5) is 0 Å². The van der Waals surface area contributed by atoms with Crippen molar-refractivity contribution in [3.8, 4) is 11.3 Å². The molecule has 2 aromatic rings. The van der Waals surface area contributed by atoms with Crippen LogP contribution >= 0.6 is 11.6 Å². The number of rotatable bonds is 8. The Morgan fingerprint density at radius 3 is 2.39 bits per heavy atom. The van der Waals surface area contributed by atoms with Gasteiger partial charge in [-0.05, 0) is 116 Å². The van der Waals surface area contributed by atoms with E-state index < -0.39 is 17.4 Å². The molecule has 1 N–H and O–H groups in total. The Bertz CT molecular complexity index is 1820. The van der Waals surface area contributed by atoms with Gasteiger partial charge in [0, 0.05) is 28.4 Å². The quantitative estimate of drug-likeness (QED) is 0.203. The van der Waals surface area contributed by atoms with Gasteiger partial charge >= 0.3 is 35.5 Å². The van der Waals surface area contributed by atoms with Gasteiger partial charge in [-0.15, -0.1) is 0 Å². The number of carboxylic acids is 1. The summed E-state index contributed by atoms with van der Waals surface area (Å²) in [7, 11) is 0. The average molecular weight is 769 g/mol. The molecule has 4 saturated carbocycles. The second kappa shape index (κ2) is 14.7. The Hall–Kier alpha value is -2.13. The van der Waals surface area contributed by atoms with Gasteiger partial charge in [-0.2, -0.15) is 0 Å². The summed E-state index contributed by atoms with van der Waals surface area (Å²) in [6.45, 7) is 17.1. The number of carbonyl (C=O) groups excluding carboxylic acids is 3. The number of esters is 1. The summed E-state index contributed by atoms with van der Waals surface area (Å²) in [4.78, 5) is 37.7. The zero-order valence-electron chi connectivity index (χ0n) is 33.7. The minimum atomic E-state index is -1.22. The fraction of sp³-hybridized carbons (Fsp3) is 0.682. The van der Waals surface area contributed by atoms with Crippen molar-refractivity contribution >= 4 is 29.4 Å². The molecule has 0 spiro atoms. The third-order valence-corrected chi connectivity index (χ3v) is 16.6. The summed E-state index contributed by atoms with van der Waals surface area (Å²) in [6.07, 6.45) is 12.1. The van der Waals surface area contributed by atoms with E-state index in [9.17, 15) is 19.5 Å². The third kappa shape index (κ3) is 6.75. The third-order valence-electron chi connectivity index (χ3n) is 16.3. The van der Waals surface area contributed by atoms with Crippen LogP contribution in [-0.2, 0) is 25.7 Å². The molecule has 4 fully saturated rings. The first-order valence-electron chi connectivity index (χ1n) is 20.0. The predicted octanol–water partition coefficient (Wildman–Crippen LogP) is 5.86. The Kier molecular flexibility index (Phi) is 11.3. The number of hydrogen-bond donors (Lipinski definition) is 1. The SMILES string of the molecule is CC1(C)C2CC[C@]3(C)C(CC=C4[C@@H]5C[C@@](C)(C(=O)NCc6cc(-c7ccccc7Cl)no6)CC[C@]5(C)CC[C@]43C)[C@@]2(C)CC[C@@H]1OC(=O)CCC(=O)[O-].[Na+]. The minimum absolute atomic E-state index is 0. The summed E-state index contributed by atoms with van der Waals surface area (Å²) in [6, 6.07) is 9.39. The van der Waals surface area contributed by atoms with E-state index in [1.807, 2.05) is 30.3 Å². The first-order valence-corrected chi connectivity index (χ1v) is 20.3. The molecule has 8 nitrogen and oxygen atoms in total. The van der Waals surface area contributed by atoms with Crippen molar-refractivity contribution in [1.82, 2.24) is 10.5 Å². The number of fused-ring (bicyclic) bond motifs is 7. The number of allylic oxidation sites excluding steroid dienone is 2. The second-order valence-corrected chi connectivity index (χ2v) is 19.7. The van der Waals surface area contributed by atoms with Crippen molar-refractivity contribution in [3.05, 3.63) is 52.8 Å². The number of aromatic nitrogens is 1. The number of amides is 1. The molecule has 0 bridgehead atoms. The van der Waals surface area contributed by atoms with Crippen LogP contribution in [0.3, 0.4) is 0 Å². The van der Waals surface area contributed by atoms with Crippen molar-refractivity contribution in [3.63, 3.8) is 0 Å². The first kappa shape index (κ1) is 41.5. The van der Waals surface area contributed by atoms with Gasteiger partial charge in [0.2, 0.25) is 5.91 Å². The van der Waals surface area contributed by atoms with E-state index >= 15 is 0 Å². The molecule has 1 aromatic carbocycles. The summed E-state index contributed by atoms with van der Waals surface area (Å²) in [5.74, 6) is 0.254. The molecule has 1 amide bonds. The van der Waals surface area contributed by atoms with E-state index in [0.717, 1.165) is 56.9 Å². The van der Waals surface area contributed by atoms with Crippen molar-refractivity contribution in [2.45, 2.75) is 138 Å². The average Bonchev–Trinajstić information content (AvgIpc) is 3.57. The molecule has 1 heterocycles. The Balaban J connectivity index is 0.00000497. The van der Waals surface area contributed by atoms with E-state index in [1.165, 1.54) is 12.8 Å². The molecule has 1 aromatic heterocycles. The van der Waals surface area contributed by atoms with Crippen LogP contribution in [0.15, 0.2) is 46.5 Å². The monoisotopic (exact) mass is 768 g/mol. The van der Waals surface area contributed by atoms with Gasteiger partial charge in [0.05, 0.1) is 18.0 Å². The number of ether oxygens (including phenoxy) is 1. The summed E-state index contributed by atoms with van der Waals surface area (Å²) < 4.78 is 11.6. The van der Waals surface area contributed by atoms with Crippen LogP contribution in [0, 0.1) is 50.2 Å². The standard InChI is InChI=1S/C44H59ClN2O6.Na/c1-39(2)33-16-19-44(7)34(42(33,5)18-17-35(39)52-37(50)15-14-36(48)49)13-12-29-30-25-41(4,21-20-40(30,3)22-23-43(29,44)6)38(51)46-26-27-24-32(47-53-27)28-10-8-9-11-31(28)45;/h8-12,24,30,33-35H,13-23,25-26H2,1-7H3,(H,46,51)(H,48,49);/q;+1/p-1/t30-,33?,34?,35-,40+,41-,42-,43+,44+;/m0./s1. The molecule has 10 heteroatoms. The molecule has 5 aliphatic carbocycles. The van der Waals surface area contributed by atoms with Gasteiger partial charge in [0.15, 0.2) is 5.76 Å². The van der Waals surface area contributed by atoms with Gasteiger partial charge in [-0.3, -0.25) is 9.59 Å². The normalized spacial score (nSPS) is 37.9. The number of aliphatic carboxylic acids is 1. The first-order chi connectivity index (χ1) is 24.9. The number of benzene rings is 1. The Morgan fingerprint density at radius 1 is 0.944 bits per heavy atom. The molecule has 54 heavy (non-hydrogen) atoms. The largest absolute Gasteiger partial charge is 1.00 e. The fourth-order valence-electron chi connectivity index (χ4n) is 12.7. The van der Waals surface area contributed by atoms with Gasteiger partial charge < -0.3 is 24.5 Å². The zero-order chi connectivity index (χ0) is 38.2. The summed E-state index contributed by atoms with van der Waals surface area (Å²) in [5, 5.41) is 19.0. The molecule has 0 aliphatic heterocycles. The number of nitrogens with one attached hydrogen (secondary N) is 1. The maximum Gasteiger partial charge on any atom is 1.00 e. The number of nitrogens with zero attached hydrogens (tertiary/aromatic N) is 1. The maximum atomic E-state index is 14.1. The smallest absolute Gasteiger partial charge is 0.550 e. The summed E-state index contributed by atoms with van der Waals surface area (Å²) >= 11 is 6.39. The van der Waals surface area contributed by atoms with Crippen LogP contribution in [0.5, 0.6) is 0 Å². The maximum absolute atomic E-state index is 14.1. The zero-order valence-corrected chi connectivity index (χ0v) is 36.5. The summed E-state index contributed by atoms with van der Waals surface area (Å²) in [5.41, 5.74) is 2.76. The van der Waals surface area contributed by atoms with Gasteiger partial charge in [0.1, 0.15) is 11.8 Å². The number of carboxylic acid groups (broad SMARTS) is 1. The van der Waals surface area contributed by atoms with Crippen LogP contribution in [0.2, 0.25) is 5.02 Å². The van der Waals surface area contributed by atoms with E-state index in [2.05, 4.69) is 65.0 Å². The van der Waals surface area contributed by atoms with Crippen molar-refractivity contribution in [2.24, 2.45) is 50.2 Å². The van der Waals surface area contributed by atoms with Crippen molar-refractivity contribution in [2.75, 3.05) is 0 Å². The van der Waals surface area contributed by atoms with E-state index in [1.54, 1.807) is 5.57 Å². The van der Waals surface area contributed by atoms with Crippen LogP contribution in [0.1, 0.15) is 131 Å². The Labute approximate surface area is 348 Å². The van der Waals surface area contributed by atoms with Crippen molar-refractivity contribution in [1.29, 1.82) is 0 Å². The van der Waals surface area contributed by atoms with E-state index in [0.29, 0.717) is 34.2 Å². The van der Waals surface area contributed by atoms with Crippen molar-refractivity contribution < 1.29 is 58.3 Å². The Morgan fingerprint density at radius 2 is 1.67 bits per heavy atom. The number of halogens is 1.